The van der Waals surface area contributed by atoms with E-state index in [-0.39, 0.29) is 0 Å². The zero-order valence-corrected chi connectivity index (χ0v) is 13.9. The van der Waals surface area contributed by atoms with Crippen LogP contribution in [0, 0.1) is 13.8 Å². The van der Waals surface area contributed by atoms with E-state index in [0.717, 1.165) is 22.3 Å². The van der Waals surface area contributed by atoms with Crippen LogP contribution in [-0.2, 0) is 6.54 Å². The molecule has 1 fully saturated rings. The highest BCUT2D eigenvalue weighted by Crippen LogP contribution is 2.28. The first-order valence-electron chi connectivity index (χ1n) is 7.25. The maximum Gasteiger partial charge on any atom is 0.223 e. The standard InChI is InChI=1S/C17H19BrN2O/c1-11-3-6-16(7-12(11)2)21-17-13(8-14(18)10-20-17)9-19-15-4-5-15/h3,6-8,10,15,19H,4-5,9H2,1-2H3. The summed E-state index contributed by atoms with van der Waals surface area (Å²) < 4.78 is 6.96. The topological polar surface area (TPSA) is 34.1 Å². The minimum Gasteiger partial charge on any atom is -0.439 e. The highest BCUT2D eigenvalue weighted by molar-refractivity contribution is 9.10. The van der Waals surface area contributed by atoms with Crippen LogP contribution >= 0.6 is 15.9 Å². The van der Waals surface area contributed by atoms with Gasteiger partial charge in [0.15, 0.2) is 0 Å². The van der Waals surface area contributed by atoms with Crippen LogP contribution in [0.15, 0.2) is 34.9 Å². The first-order valence-corrected chi connectivity index (χ1v) is 8.04. The van der Waals surface area contributed by atoms with Gasteiger partial charge in [0.1, 0.15) is 5.75 Å². The lowest BCUT2D eigenvalue weighted by Gasteiger charge is -2.12. The molecule has 21 heavy (non-hydrogen) atoms. The molecule has 110 valence electrons. The van der Waals surface area contributed by atoms with E-state index in [9.17, 15) is 0 Å². The fourth-order valence-electron chi connectivity index (χ4n) is 2.12. The normalized spacial score (nSPS) is 14.2. The van der Waals surface area contributed by atoms with Crippen LogP contribution in [0.5, 0.6) is 11.6 Å². The molecular weight excluding hydrogens is 328 g/mol. The van der Waals surface area contributed by atoms with Crippen molar-refractivity contribution in [2.24, 2.45) is 0 Å². The largest absolute Gasteiger partial charge is 0.439 e. The number of aromatic nitrogens is 1. The summed E-state index contributed by atoms with van der Waals surface area (Å²) in [5, 5.41) is 3.51. The summed E-state index contributed by atoms with van der Waals surface area (Å²) in [5.41, 5.74) is 3.57. The maximum atomic E-state index is 5.98. The predicted octanol–water partition coefficient (Wildman–Crippen LogP) is 4.51. The van der Waals surface area contributed by atoms with Gasteiger partial charge in [0.2, 0.25) is 5.88 Å². The lowest BCUT2D eigenvalue weighted by molar-refractivity contribution is 0.452. The summed E-state index contributed by atoms with van der Waals surface area (Å²) in [6, 6.07) is 8.85. The predicted molar refractivity (Wildman–Crippen MR) is 87.8 cm³/mol. The van der Waals surface area contributed by atoms with Crippen LogP contribution in [0.3, 0.4) is 0 Å². The van der Waals surface area contributed by atoms with E-state index >= 15 is 0 Å². The number of aryl methyl sites for hydroxylation is 2. The molecule has 1 aliphatic carbocycles. The molecule has 0 bridgehead atoms. The van der Waals surface area contributed by atoms with Crippen molar-refractivity contribution >= 4 is 15.9 Å². The molecule has 0 radical (unpaired) electrons. The lowest BCUT2D eigenvalue weighted by Crippen LogP contribution is -2.16. The molecule has 1 N–H and O–H groups in total. The molecule has 0 saturated heterocycles. The summed E-state index contributed by atoms with van der Waals surface area (Å²) in [6.07, 6.45) is 4.32. The molecule has 3 rings (SSSR count). The number of halogens is 1. The molecule has 1 heterocycles. The van der Waals surface area contributed by atoms with Gasteiger partial charge in [-0.2, -0.15) is 0 Å². The van der Waals surface area contributed by atoms with Crippen molar-refractivity contribution in [3.63, 3.8) is 0 Å². The zero-order valence-electron chi connectivity index (χ0n) is 12.3. The first kappa shape index (κ1) is 14.5. The Bertz CT molecular complexity index is 653. The first-order chi connectivity index (χ1) is 10.1. The van der Waals surface area contributed by atoms with Crippen molar-refractivity contribution in [3.8, 4) is 11.6 Å². The Labute approximate surface area is 133 Å². The van der Waals surface area contributed by atoms with E-state index in [1.54, 1.807) is 6.20 Å². The quantitative estimate of drug-likeness (QED) is 0.864. The average molecular weight is 347 g/mol. The molecule has 0 unspecified atom stereocenters. The number of nitrogens with one attached hydrogen (secondary N) is 1. The lowest BCUT2D eigenvalue weighted by atomic mass is 10.1. The van der Waals surface area contributed by atoms with Gasteiger partial charge >= 0.3 is 0 Å². The second-order valence-electron chi connectivity index (χ2n) is 5.62. The van der Waals surface area contributed by atoms with Gasteiger partial charge in [0.05, 0.1) is 0 Å². The molecular formula is C17H19BrN2O. The molecule has 1 aromatic heterocycles. The van der Waals surface area contributed by atoms with Crippen LogP contribution in [0.1, 0.15) is 29.5 Å². The Morgan fingerprint density at radius 1 is 1.24 bits per heavy atom. The van der Waals surface area contributed by atoms with Gasteiger partial charge in [-0.05, 0) is 71.9 Å². The molecule has 1 aliphatic rings. The minimum atomic E-state index is 0.665. The Morgan fingerprint density at radius 3 is 2.76 bits per heavy atom. The Balaban J connectivity index is 1.80. The van der Waals surface area contributed by atoms with Gasteiger partial charge in [-0.15, -0.1) is 0 Å². The molecule has 0 atom stereocenters. The second kappa shape index (κ2) is 6.16. The van der Waals surface area contributed by atoms with Gasteiger partial charge in [0.25, 0.3) is 0 Å². The smallest absolute Gasteiger partial charge is 0.223 e. The highest BCUT2D eigenvalue weighted by atomic mass is 79.9. The summed E-state index contributed by atoms with van der Waals surface area (Å²) in [6.45, 7) is 4.98. The number of nitrogens with zero attached hydrogens (tertiary/aromatic N) is 1. The summed E-state index contributed by atoms with van der Waals surface area (Å²) in [7, 11) is 0. The number of benzene rings is 1. The Kier molecular flexibility index (Phi) is 4.27. The SMILES string of the molecule is Cc1ccc(Oc2ncc(Br)cc2CNC2CC2)cc1C. The van der Waals surface area contributed by atoms with Gasteiger partial charge < -0.3 is 10.1 Å². The summed E-state index contributed by atoms with van der Waals surface area (Å²) in [4.78, 5) is 4.41. The van der Waals surface area contributed by atoms with Crippen molar-refractivity contribution in [2.75, 3.05) is 0 Å². The van der Waals surface area contributed by atoms with Crippen molar-refractivity contribution in [3.05, 3.63) is 51.6 Å². The monoisotopic (exact) mass is 346 g/mol. The molecule has 0 spiro atoms. The van der Waals surface area contributed by atoms with Crippen LogP contribution < -0.4 is 10.1 Å². The van der Waals surface area contributed by atoms with E-state index < -0.39 is 0 Å². The number of rotatable bonds is 5. The molecule has 3 nitrogen and oxygen atoms in total. The maximum absolute atomic E-state index is 5.98. The van der Waals surface area contributed by atoms with Crippen molar-refractivity contribution in [2.45, 2.75) is 39.3 Å². The highest BCUT2D eigenvalue weighted by Gasteiger charge is 2.21. The van der Waals surface area contributed by atoms with E-state index in [4.69, 9.17) is 4.74 Å². The molecule has 4 heteroatoms. The van der Waals surface area contributed by atoms with Gasteiger partial charge in [0, 0.05) is 28.8 Å². The van der Waals surface area contributed by atoms with E-state index in [2.05, 4.69) is 58.3 Å². The molecule has 1 aromatic carbocycles. The van der Waals surface area contributed by atoms with Crippen molar-refractivity contribution < 1.29 is 4.74 Å². The number of hydrogen-bond donors (Lipinski definition) is 1. The number of ether oxygens (including phenoxy) is 1. The van der Waals surface area contributed by atoms with Gasteiger partial charge in [-0.3, -0.25) is 0 Å². The van der Waals surface area contributed by atoms with Crippen LogP contribution in [0.4, 0.5) is 0 Å². The summed E-state index contributed by atoms with van der Waals surface area (Å²) in [5.74, 6) is 1.51. The van der Waals surface area contributed by atoms with Gasteiger partial charge in [-0.1, -0.05) is 6.07 Å². The van der Waals surface area contributed by atoms with Crippen LogP contribution in [0.25, 0.3) is 0 Å². The Hall–Kier alpha value is -1.39. The Morgan fingerprint density at radius 2 is 2.05 bits per heavy atom. The third kappa shape index (κ3) is 3.83. The fraction of sp³-hybridized carbons (Fsp3) is 0.353. The molecule has 1 saturated carbocycles. The van der Waals surface area contributed by atoms with E-state index in [1.165, 1.54) is 24.0 Å². The molecule has 0 amide bonds. The van der Waals surface area contributed by atoms with E-state index in [1.807, 2.05) is 6.07 Å². The number of pyridine rings is 1. The van der Waals surface area contributed by atoms with E-state index in [0.29, 0.717) is 11.9 Å². The van der Waals surface area contributed by atoms with Crippen LogP contribution in [-0.4, -0.2) is 11.0 Å². The fourth-order valence-corrected chi connectivity index (χ4v) is 2.50. The second-order valence-corrected chi connectivity index (χ2v) is 6.54. The van der Waals surface area contributed by atoms with Crippen molar-refractivity contribution in [1.29, 1.82) is 0 Å². The summed E-state index contributed by atoms with van der Waals surface area (Å²) >= 11 is 3.48. The van der Waals surface area contributed by atoms with Gasteiger partial charge in [-0.25, -0.2) is 4.98 Å². The third-order valence-corrected chi connectivity index (χ3v) is 4.18. The van der Waals surface area contributed by atoms with Crippen molar-refractivity contribution in [1.82, 2.24) is 10.3 Å². The van der Waals surface area contributed by atoms with Crippen LogP contribution in [0.2, 0.25) is 0 Å². The zero-order chi connectivity index (χ0) is 14.8. The minimum absolute atomic E-state index is 0.665. The number of hydrogen-bond acceptors (Lipinski definition) is 3. The average Bonchev–Trinajstić information content (AvgIpc) is 3.27. The third-order valence-electron chi connectivity index (χ3n) is 3.74. The molecule has 2 aromatic rings. The molecule has 0 aliphatic heterocycles.